The standard InChI is InChI=1S/C33H28F2N4O6S/c1-36-32(40)29-23-17-22(20-9-12-26(43-2)24(16-20)33-38-31-27(45-33)6-4-14-37-31)25(39(15-5-13-34)46(3,41)42)18-28(23)44-30(29)19-7-10-21(35)11-8-19/h4,6-12,14,16-18H,5,13,15H2,1-3H3,(H,36,40). The molecule has 1 amide bonds. The highest BCUT2D eigenvalue weighted by molar-refractivity contribution is 7.92. The van der Waals surface area contributed by atoms with Crippen LogP contribution in [0.1, 0.15) is 16.8 Å². The van der Waals surface area contributed by atoms with Gasteiger partial charge in [0.2, 0.25) is 15.9 Å². The molecular formula is C33H28F2N4O6S. The number of nitrogens with zero attached hydrogens (tertiary/aromatic N) is 3. The van der Waals surface area contributed by atoms with Gasteiger partial charge >= 0.3 is 0 Å². The van der Waals surface area contributed by atoms with Crippen LogP contribution in [0.4, 0.5) is 14.5 Å². The third kappa shape index (κ3) is 5.65. The van der Waals surface area contributed by atoms with E-state index < -0.39 is 28.4 Å². The number of amides is 1. The number of sulfonamides is 1. The van der Waals surface area contributed by atoms with Crippen molar-refractivity contribution in [2.24, 2.45) is 0 Å². The van der Waals surface area contributed by atoms with Crippen LogP contribution in [0.3, 0.4) is 0 Å². The Hall–Kier alpha value is -5.30. The Balaban J connectivity index is 1.65. The third-order valence-corrected chi connectivity index (χ3v) is 8.62. The number of methoxy groups -OCH3 is 1. The van der Waals surface area contributed by atoms with E-state index in [1.54, 1.807) is 42.6 Å². The van der Waals surface area contributed by atoms with Crippen molar-refractivity contribution in [1.82, 2.24) is 15.3 Å². The highest BCUT2D eigenvalue weighted by Gasteiger charge is 2.28. The van der Waals surface area contributed by atoms with E-state index in [2.05, 4.69) is 15.3 Å². The van der Waals surface area contributed by atoms with E-state index in [1.165, 1.54) is 44.5 Å². The van der Waals surface area contributed by atoms with Crippen molar-refractivity contribution in [1.29, 1.82) is 0 Å². The first-order chi connectivity index (χ1) is 22.1. The maximum atomic E-state index is 13.8. The average molecular weight is 647 g/mol. The second kappa shape index (κ2) is 12.2. The van der Waals surface area contributed by atoms with E-state index in [1.807, 2.05) is 0 Å². The first kappa shape index (κ1) is 30.7. The summed E-state index contributed by atoms with van der Waals surface area (Å²) in [5.74, 6) is -0.110. The van der Waals surface area contributed by atoms with E-state index in [9.17, 15) is 22.0 Å². The first-order valence-corrected chi connectivity index (χ1v) is 16.0. The van der Waals surface area contributed by atoms with Crippen molar-refractivity contribution in [3.8, 4) is 39.7 Å². The maximum absolute atomic E-state index is 13.8. The number of ether oxygens (including phenoxy) is 1. The number of carbonyl (C=O) groups is 1. The molecule has 3 heterocycles. The van der Waals surface area contributed by atoms with Crippen molar-refractivity contribution in [3.63, 3.8) is 0 Å². The summed E-state index contributed by atoms with van der Waals surface area (Å²) in [5, 5.41) is 3.00. The zero-order chi connectivity index (χ0) is 32.6. The van der Waals surface area contributed by atoms with Gasteiger partial charge in [-0.25, -0.2) is 17.8 Å². The van der Waals surface area contributed by atoms with Crippen LogP contribution in [0.5, 0.6) is 5.75 Å². The molecule has 0 saturated heterocycles. The van der Waals surface area contributed by atoms with E-state index in [4.69, 9.17) is 13.6 Å². The molecule has 3 aromatic carbocycles. The van der Waals surface area contributed by atoms with Crippen LogP contribution in [0, 0.1) is 5.82 Å². The maximum Gasteiger partial charge on any atom is 0.255 e. The molecular weight excluding hydrogens is 618 g/mol. The van der Waals surface area contributed by atoms with E-state index in [0.29, 0.717) is 44.6 Å². The number of alkyl halides is 1. The van der Waals surface area contributed by atoms with Gasteiger partial charge in [-0.05, 0) is 66.6 Å². The summed E-state index contributed by atoms with van der Waals surface area (Å²) < 4.78 is 72.3. The number of halogens is 2. The van der Waals surface area contributed by atoms with Gasteiger partial charge in [-0.1, -0.05) is 6.07 Å². The number of nitrogens with one attached hydrogen (secondary N) is 1. The van der Waals surface area contributed by atoms with Gasteiger partial charge in [-0.15, -0.1) is 0 Å². The predicted molar refractivity (Wildman–Crippen MR) is 171 cm³/mol. The molecule has 0 aliphatic rings. The molecule has 13 heteroatoms. The number of furan rings is 1. The number of carbonyl (C=O) groups excluding carboxylic acids is 1. The SMILES string of the molecule is CNC(=O)c1c(-c2ccc(F)cc2)oc2cc(N(CCCF)S(C)(=O)=O)c(-c3ccc(OC)c(-c4nc5ncccc5o4)c3)cc12. The molecule has 6 aromatic rings. The molecule has 0 radical (unpaired) electrons. The largest absolute Gasteiger partial charge is 0.496 e. The number of benzene rings is 3. The minimum Gasteiger partial charge on any atom is -0.496 e. The van der Waals surface area contributed by atoms with Crippen molar-refractivity contribution in [2.45, 2.75) is 6.42 Å². The molecule has 46 heavy (non-hydrogen) atoms. The van der Waals surface area contributed by atoms with Gasteiger partial charge in [-0.3, -0.25) is 13.5 Å². The van der Waals surface area contributed by atoms with Crippen LogP contribution in [0.25, 0.3) is 56.1 Å². The second-order valence-electron chi connectivity index (χ2n) is 10.4. The zero-order valence-electron chi connectivity index (χ0n) is 25.0. The highest BCUT2D eigenvalue weighted by atomic mass is 32.2. The minimum atomic E-state index is -3.92. The Bertz CT molecular complexity index is 2160. The molecule has 0 atom stereocenters. The van der Waals surface area contributed by atoms with E-state index in [0.717, 1.165) is 10.6 Å². The van der Waals surface area contributed by atoms with Gasteiger partial charge in [0.25, 0.3) is 5.91 Å². The third-order valence-electron chi connectivity index (χ3n) is 7.44. The summed E-state index contributed by atoms with van der Waals surface area (Å²) in [4.78, 5) is 22.0. The van der Waals surface area contributed by atoms with Gasteiger partial charge in [0, 0.05) is 42.4 Å². The number of pyridine rings is 1. The summed E-state index contributed by atoms with van der Waals surface area (Å²) in [7, 11) is -0.955. The fraction of sp³-hybridized carbons (Fsp3) is 0.182. The number of oxazole rings is 1. The molecule has 0 fully saturated rings. The lowest BCUT2D eigenvalue weighted by Crippen LogP contribution is -2.31. The number of hydrogen-bond acceptors (Lipinski definition) is 8. The quantitative estimate of drug-likeness (QED) is 0.176. The van der Waals surface area contributed by atoms with Crippen LogP contribution in [-0.2, 0) is 10.0 Å². The van der Waals surface area contributed by atoms with E-state index >= 15 is 0 Å². The van der Waals surface area contributed by atoms with Crippen LogP contribution in [-0.4, -0.2) is 57.9 Å². The molecule has 3 aromatic heterocycles. The van der Waals surface area contributed by atoms with Gasteiger partial charge in [0.15, 0.2) is 11.2 Å². The van der Waals surface area contributed by atoms with Gasteiger partial charge in [0.05, 0.1) is 36.9 Å². The number of anilines is 1. The lowest BCUT2D eigenvalue weighted by atomic mass is 9.96. The summed E-state index contributed by atoms with van der Waals surface area (Å²) in [6.07, 6.45) is 2.57. The normalized spacial score (nSPS) is 11.7. The molecule has 6 rings (SSSR count). The smallest absolute Gasteiger partial charge is 0.255 e. The van der Waals surface area contributed by atoms with Crippen LogP contribution in [0.2, 0.25) is 0 Å². The van der Waals surface area contributed by atoms with Gasteiger partial charge in [0.1, 0.15) is 22.9 Å². The monoisotopic (exact) mass is 646 g/mol. The van der Waals surface area contributed by atoms with E-state index in [-0.39, 0.29) is 41.5 Å². The number of hydrogen-bond donors (Lipinski definition) is 1. The summed E-state index contributed by atoms with van der Waals surface area (Å²) >= 11 is 0. The van der Waals surface area contributed by atoms with Crippen molar-refractivity contribution < 1.29 is 35.6 Å². The summed E-state index contributed by atoms with van der Waals surface area (Å²) in [6, 6.07) is 17.2. The van der Waals surface area contributed by atoms with Crippen molar-refractivity contribution in [2.75, 3.05) is 37.9 Å². The Morgan fingerprint density at radius 2 is 1.76 bits per heavy atom. The van der Waals surface area contributed by atoms with Crippen molar-refractivity contribution >= 4 is 43.8 Å². The molecule has 10 nitrogen and oxygen atoms in total. The molecule has 236 valence electrons. The zero-order valence-corrected chi connectivity index (χ0v) is 25.8. The van der Waals surface area contributed by atoms with Crippen LogP contribution in [0.15, 0.2) is 81.8 Å². The topological polar surface area (TPSA) is 128 Å². The molecule has 1 N–H and O–H groups in total. The first-order valence-electron chi connectivity index (χ1n) is 14.2. The van der Waals surface area contributed by atoms with Gasteiger partial charge in [-0.2, -0.15) is 4.98 Å². The average Bonchev–Trinajstić information content (AvgIpc) is 3.65. The predicted octanol–water partition coefficient (Wildman–Crippen LogP) is 6.60. The molecule has 0 spiro atoms. The van der Waals surface area contributed by atoms with Crippen LogP contribution < -0.4 is 14.4 Å². The second-order valence-corrected chi connectivity index (χ2v) is 12.3. The van der Waals surface area contributed by atoms with Crippen molar-refractivity contribution in [3.05, 3.63) is 84.3 Å². The number of rotatable bonds is 10. The Morgan fingerprint density at radius 3 is 2.43 bits per heavy atom. The fourth-order valence-corrected chi connectivity index (χ4v) is 6.29. The Kier molecular flexibility index (Phi) is 8.17. The lowest BCUT2D eigenvalue weighted by Gasteiger charge is -2.25. The summed E-state index contributed by atoms with van der Waals surface area (Å²) in [5.41, 5.74) is 3.23. The fourth-order valence-electron chi connectivity index (χ4n) is 5.32. The number of fused-ring (bicyclic) bond motifs is 2. The molecule has 0 aliphatic heterocycles. The molecule has 0 saturated carbocycles. The Labute approximate surface area is 262 Å². The molecule has 0 bridgehead atoms. The van der Waals surface area contributed by atoms with Crippen LogP contribution >= 0.6 is 0 Å². The van der Waals surface area contributed by atoms with Gasteiger partial charge < -0.3 is 18.9 Å². The lowest BCUT2D eigenvalue weighted by molar-refractivity contribution is 0.0964. The number of aromatic nitrogens is 2. The molecule has 0 unspecified atom stereocenters. The summed E-state index contributed by atoms with van der Waals surface area (Å²) in [6.45, 7) is -0.889. The minimum absolute atomic E-state index is 0.0587. The Morgan fingerprint density at radius 1 is 1.00 bits per heavy atom. The molecule has 0 aliphatic carbocycles. The highest BCUT2D eigenvalue weighted by Crippen LogP contribution is 2.43.